The van der Waals surface area contributed by atoms with Crippen LogP contribution in [0.3, 0.4) is 0 Å². The Morgan fingerprint density at radius 3 is 2.34 bits per heavy atom. The number of nitrogens with zero attached hydrogens (tertiary/aromatic N) is 1. The van der Waals surface area contributed by atoms with Crippen molar-refractivity contribution in [2.45, 2.75) is 12.5 Å². The highest BCUT2D eigenvalue weighted by Gasteiger charge is 2.46. The second-order valence-electron chi connectivity index (χ2n) is 7.96. The van der Waals surface area contributed by atoms with E-state index in [2.05, 4.69) is 0 Å². The number of rotatable bonds is 7. The van der Waals surface area contributed by atoms with E-state index in [1.54, 1.807) is 43.5 Å². The molecular weight excluding hydrogens is 473 g/mol. The predicted octanol–water partition coefficient (Wildman–Crippen LogP) is 5.16. The van der Waals surface area contributed by atoms with Crippen molar-refractivity contribution in [3.63, 3.8) is 0 Å². The molecule has 0 radical (unpaired) electrons. The molecule has 1 saturated heterocycles. The lowest BCUT2D eigenvalue weighted by Gasteiger charge is -2.26. The zero-order chi connectivity index (χ0) is 25.1. The molecule has 0 saturated carbocycles. The highest BCUT2D eigenvalue weighted by molar-refractivity contribution is 6.47. The van der Waals surface area contributed by atoms with Crippen molar-refractivity contribution in [3.8, 4) is 11.5 Å². The van der Waals surface area contributed by atoms with E-state index in [1.807, 2.05) is 6.07 Å². The van der Waals surface area contributed by atoms with Crippen molar-refractivity contribution in [2.24, 2.45) is 0 Å². The molecule has 0 spiro atoms. The Bertz CT molecular complexity index is 1310. The van der Waals surface area contributed by atoms with Crippen LogP contribution in [0.1, 0.15) is 22.7 Å². The maximum absolute atomic E-state index is 13.4. The third-order valence-electron chi connectivity index (χ3n) is 5.95. The summed E-state index contributed by atoms with van der Waals surface area (Å²) in [5, 5.41) is 11.4. The Morgan fingerprint density at radius 2 is 1.69 bits per heavy atom. The van der Waals surface area contributed by atoms with Gasteiger partial charge in [0.15, 0.2) is 11.5 Å². The Hall–Kier alpha value is -3.84. The van der Waals surface area contributed by atoms with Crippen LogP contribution in [0.5, 0.6) is 11.5 Å². The van der Waals surface area contributed by atoms with E-state index in [-0.39, 0.29) is 23.4 Å². The lowest BCUT2D eigenvalue weighted by atomic mass is 9.95. The molecule has 180 valence electrons. The summed E-state index contributed by atoms with van der Waals surface area (Å²) in [4.78, 5) is 27.7. The van der Waals surface area contributed by atoms with E-state index in [4.69, 9.17) is 21.1 Å². The van der Waals surface area contributed by atoms with Gasteiger partial charge in [-0.15, -0.1) is 0 Å². The number of carbonyl (C=O) groups is 2. The van der Waals surface area contributed by atoms with E-state index in [9.17, 15) is 19.1 Å². The van der Waals surface area contributed by atoms with E-state index in [0.717, 1.165) is 5.56 Å². The average molecular weight is 496 g/mol. The van der Waals surface area contributed by atoms with Gasteiger partial charge >= 0.3 is 0 Å². The Kier molecular flexibility index (Phi) is 7.07. The number of methoxy groups -OCH3 is 2. The summed E-state index contributed by atoms with van der Waals surface area (Å²) in [5.74, 6) is -1.33. The summed E-state index contributed by atoms with van der Waals surface area (Å²) in [6.45, 7) is 0.177. The minimum Gasteiger partial charge on any atom is -0.507 e. The van der Waals surface area contributed by atoms with E-state index in [1.165, 1.54) is 36.3 Å². The zero-order valence-corrected chi connectivity index (χ0v) is 19.9. The Labute approximate surface area is 207 Å². The van der Waals surface area contributed by atoms with Gasteiger partial charge in [0, 0.05) is 17.1 Å². The third kappa shape index (κ3) is 4.72. The Balaban J connectivity index is 1.75. The maximum Gasteiger partial charge on any atom is 0.295 e. The third-order valence-corrected chi connectivity index (χ3v) is 6.29. The number of Topliss-reactive ketones (excluding diaryl/α,β-unsaturated/α-hetero) is 1. The molecule has 3 aromatic rings. The molecule has 4 rings (SSSR count). The van der Waals surface area contributed by atoms with Crippen molar-refractivity contribution in [1.82, 2.24) is 4.90 Å². The molecule has 1 aliphatic heterocycles. The molecule has 35 heavy (non-hydrogen) atoms. The summed E-state index contributed by atoms with van der Waals surface area (Å²) in [5.41, 5.74) is 1.49. The number of carbonyl (C=O) groups excluding carboxylic acids is 2. The van der Waals surface area contributed by atoms with Crippen LogP contribution in [0.2, 0.25) is 5.02 Å². The first-order valence-corrected chi connectivity index (χ1v) is 11.2. The number of hydrogen-bond donors (Lipinski definition) is 1. The molecule has 8 heteroatoms. The first-order chi connectivity index (χ1) is 16.8. The standard InChI is InChI=1S/C27H23ClFNO5/c1-34-21-12-7-16(15-22(21)35-2)13-14-30-24(19-5-3-4-6-20(19)28)23(26(32)27(30)33)25(31)17-8-10-18(29)11-9-17/h3-12,15,24,31H,13-14H2,1-2H3. The van der Waals surface area contributed by atoms with Gasteiger partial charge in [-0.05, 0) is 60.0 Å². The molecule has 1 unspecified atom stereocenters. The molecule has 1 fully saturated rings. The molecule has 1 aliphatic rings. The first kappa shape index (κ1) is 24.3. The number of hydrogen-bond acceptors (Lipinski definition) is 5. The molecule has 3 aromatic carbocycles. The monoisotopic (exact) mass is 495 g/mol. The van der Waals surface area contributed by atoms with E-state index < -0.39 is 23.5 Å². The van der Waals surface area contributed by atoms with Crippen LogP contribution in [0, 0.1) is 5.82 Å². The van der Waals surface area contributed by atoms with Crippen LogP contribution in [0.4, 0.5) is 4.39 Å². The smallest absolute Gasteiger partial charge is 0.295 e. The van der Waals surface area contributed by atoms with Gasteiger partial charge in [0.2, 0.25) is 0 Å². The van der Waals surface area contributed by atoms with Crippen LogP contribution >= 0.6 is 11.6 Å². The van der Waals surface area contributed by atoms with E-state index in [0.29, 0.717) is 28.5 Å². The highest BCUT2D eigenvalue weighted by atomic mass is 35.5. The van der Waals surface area contributed by atoms with Crippen LogP contribution in [0.25, 0.3) is 5.76 Å². The highest BCUT2D eigenvalue weighted by Crippen LogP contribution is 2.42. The SMILES string of the molecule is COc1ccc(CCN2C(=O)C(=O)C(=C(O)c3ccc(F)cc3)C2c2ccccc2Cl)cc1OC. The van der Waals surface area contributed by atoms with Crippen molar-refractivity contribution in [3.05, 3.63) is 99.8 Å². The molecular formula is C27H23ClFNO5. The van der Waals surface area contributed by atoms with Crippen molar-refractivity contribution in [2.75, 3.05) is 20.8 Å². The van der Waals surface area contributed by atoms with Gasteiger partial charge in [0.25, 0.3) is 11.7 Å². The summed E-state index contributed by atoms with van der Waals surface area (Å²) in [6.07, 6.45) is 0.408. The molecule has 0 aromatic heterocycles. The van der Waals surface area contributed by atoms with Crippen molar-refractivity contribution in [1.29, 1.82) is 0 Å². The number of likely N-dealkylation sites (tertiary alicyclic amines) is 1. The van der Waals surface area contributed by atoms with E-state index >= 15 is 0 Å². The Morgan fingerprint density at radius 1 is 1.00 bits per heavy atom. The number of benzene rings is 3. The van der Waals surface area contributed by atoms with Gasteiger partial charge in [-0.1, -0.05) is 35.9 Å². The molecule has 0 aliphatic carbocycles. The fraction of sp³-hybridized carbons (Fsp3) is 0.185. The minimum absolute atomic E-state index is 0.0954. The minimum atomic E-state index is -0.908. The summed E-state index contributed by atoms with van der Waals surface area (Å²) in [7, 11) is 3.08. The quantitative estimate of drug-likeness (QED) is 0.278. The number of ether oxygens (including phenoxy) is 2. The maximum atomic E-state index is 13.4. The summed E-state index contributed by atoms with van der Waals surface area (Å²) in [6, 6.07) is 16.4. The molecule has 1 atom stereocenters. The topological polar surface area (TPSA) is 76.1 Å². The van der Waals surface area contributed by atoms with Crippen LogP contribution in [0.15, 0.2) is 72.3 Å². The van der Waals surface area contributed by atoms with Crippen molar-refractivity contribution >= 4 is 29.1 Å². The molecule has 1 heterocycles. The van der Waals surface area contributed by atoms with Crippen LogP contribution in [-0.4, -0.2) is 42.5 Å². The molecule has 1 N–H and O–H groups in total. The summed E-state index contributed by atoms with van der Waals surface area (Å²) >= 11 is 6.46. The van der Waals surface area contributed by atoms with Gasteiger partial charge in [-0.25, -0.2) is 4.39 Å². The predicted molar refractivity (Wildman–Crippen MR) is 130 cm³/mol. The van der Waals surface area contributed by atoms with Gasteiger partial charge in [0.1, 0.15) is 11.6 Å². The van der Waals surface area contributed by atoms with Crippen molar-refractivity contribution < 1.29 is 28.6 Å². The molecule has 0 bridgehead atoms. The first-order valence-electron chi connectivity index (χ1n) is 10.9. The molecule has 6 nitrogen and oxygen atoms in total. The number of aliphatic hydroxyl groups is 1. The van der Waals surface area contributed by atoms with Gasteiger partial charge in [0.05, 0.1) is 25.8 Å². The second-order valence-corrected chi connectivity index (χ2v) is 8.37. The number of aliphatic hydroxyl groups excluding tert-OH is 1. The van der Waals surface area contributed by atoms with Crippen LogP contribution < -0.4 is 9.47 Å². The van der Waals surface area contributed by atoms with Gasteiger partial charge < -0.3 is 19.5 Å². The lowest BCUT2D eigenvalue weighted by molar-refractivity contribution is -0.139. The lowest BCUT2D eigenvalue weighted by Crippen LogP contribution is -2.31. The number of ketones is 1. The number of halogens is 2. The average Bonchev–Trinajstić information content (AvgIpc) is 3.12. The fourth-order valence-corrected chi connectivity index (χ4v) is 4.42. The zero-order valence-electron chi connectivity index (χ0n) is 19.1. The largest absolute Gasteiger partial charge is 0.507 e. The van der Waals surface area contributed by atoms with Gasteiger partial charge in [-0.3, -0.25) is 9.59 Å². The normalized spacial score (nSPS) is 17.0. The number of amides is 1. The van der Waals surface area contributed by atoms with Gasteiger partial charge in [-0.2, -0.15) is 0 Å². The van der Waals surface area contributed by atoms with Crippen LogP contribution in [-0.2, 0) is 16.0 Å². The summed E-state index contributed by atoms with van der Waals surface area (Å²) < 4.78 is 24.1. The second kappa shape index (κ2) is 10.2. The molecule has 1 amide bonds. The fourth-order valence-electron chi connectivity index (χ4n) is 4.18.